The maximum Gasteiger partial charge on any atom is 0.257 e. The highest BCUT2D eigenvalue weighted by molar-refractivity contribution is 6.04. The maximum absolute atomic E-state index is 12.6. The molecule has 0 saturated heterocycles. The largest absolute Gasteiger partial charge is 0.493 e. The van der Waals surface area contributed by atoms with Crippen LogP contribution in [0.2, 0.25) is 0 Å². The van der Waals surface area contributed by atoms with E-state index < -0.39 is 0 Å². The van der Waals surface area contributed by atoms with Gasteiger partial charge in [0.25, 0.3) is 5.91 Å². The van der Waals surface area contributed by atoms with Crippen molar-refractivity contribution in [3.63, 3.8) is 0 Å². The molecule has 0 unspecified atom stereocenters. The van der Waals surface area contributed by atoms with E-state index in [1.54, 1.807) is 24.4 Å². The number of aryl methyl sites for hydroxylation is 1. The van der Waals surface area contributed by atoms with Gasteiger partial charge in [-0.1, -0.05) is 17.7 Å². The number of amides is 1. The molecule has 3 aromatic rings. The number of hydrogen-bond acceptors (Lipinski definition) is 6. The molecule has 0 radical (unpaired) electrons. The molecule has 0 aliphatic rings. The minimum atomic E-state index is -0.337. The third kappa shape index (κ3) is 4.76. The lowest BCUT2D eigenvalue weighted by Crippen LogP contribution is -2.13. The van der Waals surface area contributed by atoms with Crippen LogP contribution >= 0.6 is 0 Å². The zero-order valence-corrected chi connectivity index (χ0v) is 16.8. The van der Waals surface area contributed by atoms with Gasteiger partial charge in [0.2, 0.25) is 5.75 Å². The molecular formula is C22H23N3O4. The van der Waals surface area contributed by atoms with Crippen LogP contribution < -0.4 is 24.8 Å². The van der Waals surface area contributed by atoms with Crippen molar-refractivity contribution in [3.05, 3.63) is 65.9 Å². The van der Waals surface area contributed by atoms with Crippen LogP contribution in [0.1, 0.15) is 15.9 Å². The Morgan fingerprint density at radius 2 is 1.48 bits per heavy atom. The average Bonchev–Trinajstić information content (AvgIpc) is 2.75. The molecule has 29 heavy (non-hydrogen) atoms. The normalized spacial score (nSPS) is 10.2. The molecule has 1 aromatic heterocycles. The number of carbonyl (C=O) groups is 1. The topological polar surface area (TPSA) is 81.7 Å². The summed E-state index contributed by atoms with van der Waals surface area (Å²) in [4.78, 5) is 16.9. The molecule has 0 aliphatic heterocycles. The van der Waals surface area contributed by atoms with E-state index in [1.807, 2.05) is 37.3 Å². The van der Waals surface area contributed by atoms with Crippen LogP contribution in [0.3, 0.4) is 0 Å². The van der Waals surface area contributed by atoms with Crippen LogP contribution in [0.15, 0.2) is 54.7 Å². The van der Waals surface area contributed by atoms with Crippen molar-refractivity contribution >= 4 is 23.1 Å². The number of aromatic nitrogens is 1. The zero-order valence-electron chi connectivity index (χ0n) is 16.8. The van der Waals surface area contributed by atoms with Gasteiger partial charge in [0.05, 0.1) is 33.2 Å². The Kier molecular flexibility index (Phi) is 6.19. The number of methoxy groups -OCH3 is 3. The van der Waals surface area contributed by atoms with Gasteiger partial charge in [-0.2, -0.15) is 0 Å². The van der Waals surface area contributed by atoms with Gasteiger partial charge >= 0.3 is 0 Å². The summed E-state index contributed by atoms with van der Waals surface area (Å²) < 4.78 is 15.9. The smallest absolute Gasteiger partial charge is 0.257 e. The molecular weight excluding hydrogens is 370 g/mol. The van der Waals surface area contributed by atoms with Crippen molar-refractivity contribution in [2.75, 3.05) is 32.0 Å². The number of anilines is 3. The lowest BCUT2D eigenvalue weighted by molar-refractivity contribution is 0.102. The lowest BCUT2D eigenvalue weighted by Gasteiger charge is -2.14. The molecule has 150 valence electrons. The van der Waals surface area contributed by atoms with Crippen LogP contribution in [0.4, 0.5) is 17.2 Å². The van der Waals surface area contributed by atoms with E-state index in [0.29, 0.717) is 28.6 Å². The minimum Gasteiger partial charge on any atom is -0.493 e. The highest BCUT2D eigenvalue weighted by atomic mass is 16.5. The summed E-state index contributed by atoms with van der Waals surface area (Å²) in [5.74, 6) is 1.33. The van der Waals surface area contributed by atoms with Crippen LogP contribution in [-0.4, -0.2) is 32.2 Å². The molecule has 0 aliphatic carbocycles. The number of benzene rings is 2. The summed E-state index contributed by atoms with van der Waals surface area (Å²) in [6.07, 6.45) is 1.66. The van der Waals surface area contributed by atoms with Crippen molar-refractivity contribution < 1.29 is 19.0 Å². The van der Waals surface area contributed by atoms with Crippen molar-refractivity contribution in [1.29, 1.82) is 0 Å². The Labute approximate surface area is 169 Å². The molecule has 0 atom stereocenters. The number of carbonyl (C=O) groups excluding carboxylic acids is 1. The molecule has 0 fully saturated rings. The third-order valence-corrected chi connectivity index (χ3v) is 4.27. The Balaban J connectivity index is 1.73. The van der Waals surface area contributed by atoms with Gasteiger partial charge in [0.1, 0.15) is 5.82 Å². The third-order valence-electron chi connectivity index (χ3n) is 4.27. The monoisotopic (exact) mass is 393 g/mol. The van der Waals surface area contributed by atoms with Crippen LogP contribution in [-0.2, 0) is 0 Å². The van der Waals surface area contributed by atoms with E-state index in [0.717, 1.165) is 11.4 Å². The number of nitrogens with one attached hydrogen (secondary N) is 2. The second-order valence-electron chi connectivity index (χ2n) is 6.29. The van der Waals surface area contributed by atoms with Crippen molar-refractivity contribution in [1.82, 2.24) is 4.98 Å². The summed E-state index contributed by atoms with van der Waals surface area (Å²) in [5.41, 5.74) is 3.34. The highest BCUT2D eigenvalue weighted by Gasteiger charge is 2.17. The van der Waals surface area contributed by atoms with E-state index >= 15 is 0 Å². The molecule has 0 spiro atoms. The second-order valence-corrected chi connectivity index (χ2v) is 6.29. The maximum atomic E-state index is 12.6. The van der Waals surface area contributed by atoms with Gasteiger partial charge in [-0.05, 0) is 43.3 Å². The van der Waals surface area contributed by atoms with Crippen LogP contribution in [0.25, 0.3) is 0 Å². The molecule has 1 amide bonds. The number of ether oxygens (including phenoxy) is 3. The fraction of sp³-hybridized carbons (Fsp3) is 0.182. The zero-order chi connectivity index (χ0) is 20.8. The first-order valence-electron chi connectivity index (χ1n) is 8.95. The summed E-state index contributed by atoms with van der Waals surface area (Å²) in [5, 5.41) is 6.03. The average molecular weight is 393 g/mol. The number of rotatable bonds is 7. The first kappa shape index (κ1) is 20.0. The Bertz CT molecular complexity index is 961. The van der Waals surface area contributed by atoms with Crippen molar-refractivity contribution in [2.24, 2.45) is 0 Å². The minimum absolute atomic E-state index is 0.337. The lowest BCUT2D eigenvalue weighted by atomic mass is 10.1. The predicted molar refractivity (Wildman–Crippen MR) is 113 cm³/mol. The standard InChI is InChI=1S/C22H23N3O4/c1-14-5-7-16(8-6-14)24-17-9-10-20(23-13-17)25-22(26)15-11-18(27-2)21(29-4)19(12-15)28-3/h5-13,24H,1-4H3,(H,23,25,26). The number of pyridine rings is 1. The quantitative estimate of drug-likeness (QED) is 0.619. The van der Waals surface area contributed by atoms with E-state index in [-0.39, 0.29) is 5.91 Å². The number of hydrogen-bond donors (Lipinski definition) is 2. The van der Waals surface area contributed by atoms with Gasteiger partial charge in [-0.3, -0.25) is 4.79 Å². The Morgan fingerprint density at radius 3 is 2.00 bits per heavy atom. The van der Waals surface area contributed by atoms with Gasteiger partial charge < -0.3 is 24.8 Å². The summed E-state index contributed by atoms with van der Waals surface area (Å²) in [6, 6.07) is 14.8. The van der Waals surface area contributed by atoms with Gasteiger partial charge in [-0.15, -0.1) is 0 Å². The summed E-state index contributed by atoms with van der Waals surface area (Å²) >= 11 is 0. The van der Waals surface area contributed by atoms with Gasteiger partial charge in [-0.25, -0.2) is 4.98 Å². The van der Waals surface area contributed by atoms with Crippen molar-refractivity contribution in [3.8, 4) is 17.2 Å². The highest BCUT2D eigenvalue weighted by Crippen LogP contribution is 2.38. The van der Waals surface area contributed by atoms with E-state index in [4.69, 9.17) is 14.2 Å². The van der Waals surface area contributed by atoms with Crippen LogP contribution in [0.5, 0.6) is 17.2 Å². The molecule has 2 aromatic carbocycles. The fourth-order valence-electron chi connectivity index (χ4n) is 2.75. The molecule has 2 N–H and O–H groups in total. The second kappa shape index (κ2) is 8.97. The van der Waals surface area contributed by atoms with Gasteiger partial charge in [0.15, 0.2) is 11.5 Å². The molecule has 0 saturated carbocycles. The van der Waals surface area contributed by atoms with Crippen molar-refractivity contribution in [2.45, 2.75) is 6.92 Å². The molecule has 3 rings (SSSR count). The van der Waals surface area contributed by atoms with E-state index in [9.17, 15) is 4.79 Å². The molecule has 7 nitrogen and oxygen atoms in total. The first-order chi connectivity index (χ1) is 14.0. The SMILES string of the molecule is COc1cc(C(=O)Nc2ccc(Nc3ccc(C)cc3)cn2)cc(OC)c1OC. The molecule has 7 heteroatoms. The van der Waals surface area contributed by atoms with E-state index in [1.165, 1.54) is 26.9 Å². The molecule has 1 heterocycles. The fourth-order valence-corrected chi connectivity index (χ4v) is 2.75. The van der Waals surface area contributed by atoms with Gasteiger partial charge in [0, 0.05) is 11.3 Å². The first-order valence-corrected chi connectivity index (χ1v) is 8.95. The Morgan fingerprint density at radius 1 is 0.862 bits per heavy atom. The number of nitrogens with zero attached hydrogens (tertiary/aromatic N) is 1. The molecule has 0 bridgehead atoms. The van der Waals surface area contributed by atoms with E-state index in [2.05, 4.69) is 15.6 Å². The summed E-state index contributed by atoms with van der Waals surface area (Å²) in [7, 11) is 4.51. The summed E-state index contributed by atoms with van der Waals surface area (Å²) in [6.45, 7) is 2.04. The Hall–Kier alpha value is -3.74. The predicted octanol–water partition coefficient (Wildman–Crippen LogP) is 4.41. The van der Waals surface area contributed by atoms with Crippen LogP contribution in [0, 0.1) is 6.92 Å².